The molecular formula is C17H23NO3. The van der Waals surface area contributed by atoms with E-state index in [9.17, 15) is 9.59 Å². The van der Waals surface area contributed by atoms with Crippen LogP contribution in [0.1, 0.15) is 49.2 Å². The Morgan fingerprint density at radius 3 is 2.48 bits per heavy atom. The molecule has 0 heterocycles. The number of ketones is 1. The normalized spacial score (nSPS) is 11.5. The first-order valence-electron chi connectivity index (χ1n) is 6.94. The van der Waals surface area contributed by atoms with Crippen molar-refractivity contribution in [2.75, 3.05) is 6.54 Å². The fourth-order valence-electron chi connectivity index (χ4n) is 1.84. The number of rotatable bonds is 4. The number of alkyl carbamates (subject to hydrolysis) is 1. The van der Waals surface area contributed by atoms with E-state index in [1.54, 1.807) is 6.92 Å². The average Bonchev–Trinajstić information content (AvgIpc) is 2.32. The third-order valence-electron chi connectivity index (χ3n) is 2.70. The predicted octanol–water partition coefficient (Wildman–Crippen LogP) is 3.74. The van der Waals surface area contributed by atoms with Gasteiger partial charge in [-0.3, -0.25) is 4.79 Å². The van der Waals surface area contributed by atoms with Crippen molar-refractivity contribution in [3.05, 3.63) is 41.0 Å². The highest BCUT2D eigenvalue weighted by atomic mass is 16.6. The molecule has 1 aromatic carbocycles. The van der Waals surface area contributed by atoms with Crippen molar-refractivity contribution in [2.24, 2.45) is 0 Å². The van der Waals surface area contributed by atoms with Crippen LogP contribution in [0.25, 0.3) is 6.08 Å². The molecule has 0 spiro atoms. The molecule has 1 N–H and O–H groups in total. The van der Waals surface area contributed by atoms with E-state index in [0.29, 0.717) is 6.54 Å². The molecule has 0 bridgehead atoms. The second-order valence-corrected chi connectivity index (χ2v) is 5.92. The van der Waals surface area contributed by atoms with Crippen LogP contribution < -0.4 is 5.32 Å². The van der Waals surface area contributed by atoms with Crippen LogP contribution in [0.5, 0.6) is 0 Å². The van der Waals surface area contributed by atoms with Gasteiger partial charge in [0.15, 0.2) is 5.78 Å². The molecule has 1 rings (SSSR count). The van der Waals surface area contributed by atoms with Crippen LogP contribution in [-0.2, 0) is 4.74 Å². The first-order chi connectivity index (χ1) is 9.69. The highest BCUT2D eigenvalue weighted by Gasteiger charge is 2.14. The Bertz CT molecular complexity index is 554. The molecule has 0 saturated heterocycles. The predicted molar refractivity (Wildman–Crippen MR) is 84.5 cm³/mol. The number of carbonyl (C=O) groups excluding carboxylic acids is 2. The number of nitrogens with one attached hydrogen (secondary N) is 1. The third-order valence-corrected chi connectivity index (χ3v) is 2.70. The number of aryl methyl sites for hydroxylation is 1. The SMILES string of the molecule is CC(=O)c1ccc(C=CCNC(=O)OC(C)(C)C)cc1C. The highest BCUT2D eigenvalue weighted by molar-refractivity contribution is 5.95. The van der Waals surface area contributed by atoms with Gasteiger partial charge in [-0.25, -0.2) is 4.79 Å². The van der Waals surface area contributed by atoms with E-state index in [1.807, 2.05) is 58.0 Å². The summed E-state index contributed by atoms with van der Waals surface area (Å²) >= 11 is 0. The van der Waals surface area contributed by atoms with Gasteiger partial charge < -0.3 is 10.1 Å². The highest BCUT2D eigenvalue weighted by Crippen LogP contribution is 2.13. The Morgan fingerprint density at radius 2 is 1.95 bits per heavy atom. The summed E-state index contributed by atoms with van der Waals surface area (Å²) in [7, 11) is 0. The minimum atomic E-state index is -0.493. The molecule has 0 fully saturated rings. The zero-order chi connectivity index (χ0) is 16.0. The summed E-state index contributed by atoms with van der Waals surface area (Å²) in [6, 6.07) is 5.65. The third kappa shape index (κ3) is 6.25. The largest absolute Gasteiger partial charge is 0.444 e. The average molecular weight is 289 g/mol. The van der Waals surface area contributed by atoms with Gasteiger partial charge in [0, 0.05) is 12.1 Å². The number of hydrogen-bond acceptors (Lipinski definition) is 3. The van der Waals surface area contributed by atoms with Crippen molar-refractivity contribution in [3.63, 3.8) is 0 Å². The van der Waals surface area contributed by atoms with Crippen molar-refractivity contribution < 1.29 is 14.3 Å². The Balaban J connectivity index is 2.53. The van der Waals surface area contributed by atoms with Crippen molar-refractivity contribution in [2.45, 2.75) is 40.2 Å². The van der Waals surface area contributed by atoms with Crippen molar-refractivity contribution >= 4 is 18.0 Å². The van der Waals surface area contributed by atoms with Gasteiger partial charge in [0.05, 0.1) is 0 Å². The molecule has 21 heavy (non-hydrogen) atoms. The Hall–Kier alpha value is -2.10. The quantitative estimate of drug-likeness (QED) is 0.859. The molecule has 0 radical (unpaired) electrons. The summed E-state index contributed by atoms with van der Waals surface area (Å²) in [6.07, 6.45) is 3.30. The Labute approximate surface area is 126 Å². The van der Waals surface area contributed by atoms with Gasteiger partial charge in [-0.05, 0) is 45.7 Å². The molecule has 0 aromatic heterocycles. The number of benzene rings is 1. The molecule has 0 aliphatic carbocycles. The molecular weight excluding hydrogens is 266 g/mol. The maximum absolute atomic E-state index is 11.4. The van der Waals surface area contributed by atoms with E-state index in [4.69, 9.17) is 4.74 Å². The van der Waals surface area contributed by atoms with E-state index in [0.717, 1.165) is 16.7 Å². The van der Waals surface area contributed by atoms with Gasteiger partial charge in [0.2, 0.25) is 0 Å². The van der Waals surface area contributed by atoms with Gasteiger partial charge >= 0.3 is 6.09 Å². The van der Waals surface area contributed by atoms with Crippen LogP contribution in [0.2, 0.25) is 0 Å². The molecule has 0 unspecified atom stereocenters. The number of hydrogen-bond donors (Lipinski definition) is 1. The van der Waals surface area contributed by atoms with Crippen LogP contribution in [0.4, 0.5) is 4.79 Å². The summed E-state index contributed by atoms with van der Waals surface area (Å²) < 4.78 is 5.13. The lowest BCUT2D eigenvalue weighted by Crippen LogP contribution is -2.32. The number of carbonyl (C=O) groups is 2. The van der Waals surface area contributed by atoms with Crippen LogP contribution >= 0.6 is 0 Å². The lowest BCUT2D eigenvalue weighted by molar-refractivity contribution is 0.0534. The van der Waals surface area contributed by atoms with Gasteiger partial charge in [-0.2, -0.15) is 0 Å². The van der Waals surface area contributed by atoms with E-state index >= 15 is 0 Å². The van der Waals surface area contributed by atoms with E-state index < -0.39 is 11.7 Å². The molecule has 4 nitrogen and oxygen atoms in total. The zero-order valence-electron chi connectivity index (χ0n) is 13.3. The summed E-state index contributed by atoms with van der Waals surface area (Å²) in [5, 5.41) is 2.65. The molecule has 114 valence electrons. The van der Waals surface area contributed by atoms with E-state index in [1.165, 1.54) is 0 Å². The Morgan fingerprint density at radius 1 is 1.29 bits per heavy atom. The topological polar surface area (TPSA) is 55.4 Å². The Kier molecular flexibility index (Phi) is 5.70. The number of ether oxygens (including phenoxy) is 1. The van der Waals surface area contributed by atoms with Gasteiger partial charge in [0.1, 0.15) is 5.60 Å². The first kappa shape index (κ1) is 17.0. The summed E-state index contributed by atoms with van der Waals surface area (Å²) in [5.41, 5.74) is 2.18. The lowest BCUT2D eigenvalue weighted by Gasteiger charge is -2.19. The standard InChI is InChI=1S/C17H23NO3/c1-12-11-14(8-9-15(12)13(2)19)7-6-10-18-16(20)21-17(3,4)5/h6-9,11H,10H2,1-5H3,(H,18,20). The van der Waals surface area contributed by atoms with Gasteiger partial charge in [0.25, 0.3) is 0 Å². The van der Waals surface area contributed by atoms with E-state index in [2.05, 4.69) is 5.32 Å². The van der Waals surface area contributed by atoms with Gasteiger partial charge in [-0.15, -0.1) is 0 Å². The summed E-state index contributed by atoms with van der Waals surface area (Å²) in [4.78, 5) is 22.8. The molecule has 0 saturated carbocycles. The molecule has 4 heteroatoms. The molecule has 1 amide bonds. The molecule has 0 atom stereocenters. The second-order valence-electron chi connectivity index (χ2n) is 5.92. The number of Topliss-reactive ketones (excluding diaryl/α,β-unsaturated/α-hetero) is 1. The maximum Gasteiger partial charge on any atom is 0.407 e. The van der Waals surface area contributed by atoms with Crippen molar-refractivity contribution in [1.82, 2.24) is 5.32 Å². The maximum atomic E-state index is 11.4. The van der Waals surface area contributed by atoms with Gasteiger partial charge in [-0.1, -0.05) is 30.4 Å². The minimum absolute atomic E-state index is 0.0645. The molecule has 0 aliphatic rings. The minimum Gasteiger partial charge on any atom is -0.444 e. The molecule has 0 aliphatic heterocycles. The smallest absolute Gasteiger partial charge is 0.407 e. The second kappa shape index (κ2) is 7.07. The van der Waals surface area contributed by atoms with Crippen LogP contribution in [0.3, 0.4) is 0 Å². The van der Waals surface area contributed by atoms with Crippen molar-refractivity contribution in [1.29, 1.82) is 0 Å². The lowest BCUT2D eigenvalue weighted by atomic mass is 10.0. The zero-order valence-corrected chi connectivity index (χ0v) is 13.3. The monoisotopic (exact) mass is 289 g/mol. The van der Waals surface area contributed by atoms with Crippen LogP contribution in [0, 0.1) is 6.92 Å². The molecule has 1 aromatic rings. The van der Waals surface area contributed by atoms with Crippen molar-refractivity contribution in [3.8, 4) is 0 Å². The number of amides is 1. The van der Waals surface area contributed by atoms with Crippen LogP contribution in [0.15, 0.2) is 24.3 Å². The first-order valence-corrected chi connectivity index (χ1v) is 6.94. The fraction of sp³-hybridized carbons (Fsp3) is 0.412. The fourth-order valence-corrected chi connectivity index (χ4v) is 1.84. The van der Waals surface area contributed by atoms with Crippen LogP contribution in [-0.4, -0.2) is 24.0 Å². The summed E-state index contributed by atoms with van der Waals surface area (Å²) in [5.74, 6) is 0.0645. The van der Waals surface area contributed by atoms with E-state index in [-0.39, 0.29) is 5.78 Å². The summed E-state index contributed by atoms with van der Waals surface area (Å²) in [6.45, 7) is 9.32.